The van der Waals surface area contributed by atoms with Gasteiger partial charge in [-0.05, 0) is 25.7 Å². The summed E-state index contributed by atoms with van der Waals surface area (Å²) in [5, 5.41) is 6.06. The number of amides is 1. The second kappa shape index (κ2) is 10.4. The van der Waals surface area contributed by atoms with Crippen molar-refractivity contribution in [2.45, 2.75) is 37.9 Å². The minimum absolute atomic E-state index is 0. The maximum atomic E-state index is 12.4. The molecule has 25 heavy (non-hydrogen) atoms. The molecule has 0 bridgehead atoms. The molecule has 2 heterocycles. The molecule has 0 aromatic carbocycles. The van der Waals surface area contributed by atoms with E-state index in [1.165, 1.54) is 4.90 Å². The predicted molar refractivity (Wildman–Crippen MR) is 101 cm³/mol. The predicted octanol–water partition coefficient (Wildman–Crippen LogP) is 1.42. The van der Waals surface area contributed by atoms with Gasteiger partial charge < -0.3 is 15.5 Å². The number of guanidine groups is 1. The van der Waals surface area contributed by atoms with E-state index in [1.807, 2.05) is 4.90 Å². The van der Waals surface area contributed by atoms with E-state index in [0.717, 1.165) is 32.4 Å². The minimum atomic E-state index is -4.17. The van der Waals surface area contributed by atoms with E-state index in [-0.39, 0.29) is 42.5 Å². The van der Waals surface area contributed by atoms with Crippen LogP contribution in [-0.2, 0) is 4.79 Å². The molecule has 0 aromatic rings. The number of halogens is 4. The largest absolute Gasteiger partial charge is 0.401 e. The number of alkyl halides is 3. The van der Waals surface area contributed by atoms with Crippen LogP contribution in [0.3, 0.4) is 0 Å². The molecule has 2 aliphatic rings. The third-order valence-electron chi connectivity index (χ3n) is 4.36. The molecular weight excluding hydrogens is 450 g/mol. The molecule has 0 saturated carbocycles. The number of likely N-dealkylation sites (tertiary alicyclic amines) is 2. The maximum absolute atomic E-state index is 12.4. The summed E-state index contributed by atoms with van der Waals surface area (Å²) in [7, 11) is 1.59. The number of aliphatic imine (C=N–C) groups is 1. The number of hydrogen-bond acceptors (Lipinski definition) is 3. The number of rotatable bonds is 4. The van der Waals surface area contributed by atoms with Crippen LogP contribution in [0.25, 0.3) is 0 Å². The molecule has 6 nitrogen and oxygen atoms in total. The first-order valence-corrected chi connectivity index (χ1v) is 8.41. The number of nitrogens with one attached hydrogen (secondary N) is 2. The van der Waals surface area contributed by atoms with Crippen LogP contribution >= 0.6 is 24.0 Å². The molecule has 1 atom stereocenters. The molecule has 1 unspecified atom stereocenters. The van der Waals surface area contributed by atoms with Crippen molar-refractivity contribution < 1.29 is 18.0 Å². The van der Waals surface area contributed by atoms with Gasteiger partial charge >= 0.3 is 6.18 Å². The van der Waals surface area contributed by atoms with Crippen LogP contribution in [0.1, 0.15) is 25.7 Å². The van der Waals surface area contributed by atoms with E-state index in [1.54, 1.807) is 7.05 Å². The molecule has 2 fully saturated rings. The highest BCUT2D eigenvalue weighted by atomic mass is 127. The van der Waals surface area contributed by atoms with Crippen LogP contribution in [0.2, 0.25) is 0 Å². The van der Waals surface area contributed by atoms with Gasteiger partial charge in [-0.2, -0.15) is 13.2 Å². The zero-order valence-corrected chi connectivity index (χ0v) is 16.8. The number of hydrogen-bond donors (Lipinski definition) is 2. The molecule has 146 valence electrons. The van der Waals surface area contributed by atoms with Crippen LogP contribution < -0.4 is 10.6 Å². The first kappa shape index (κ1) is 22.3. The second-order valence-electron chi connectivity index (χ2n) is 6.35. The van der Waals surface area contributed by atoms with Crippen molar-refractivity contribution in [2.24, 2.45) is 4.99 Å². The van der Waals surface area contributed by atoms with Gasteiger partial charge in [0.15, 0.2) is 5.96 Å². The van der Waals surface area contributed by atoms with E-state index in [4.69, 9.17) is 0 Å². The molecule has 0 spiro atoms. The van der Waals surface area contributed by atoms with Crippen molar-refractivity contribution in [1.82, 2.24) is 20.4 Å². The van der Waals surface area contributed by atoms with E-state index in [0.29, 0.717) is 25.5 Å². The monoisotopic (exact) mass is 477 g/mol. The quantitative estimate of drug-likeness (QED) is 0.366. The Bertz CT molecular complexity index is 455. The zero-order valence-electron chi connectivity index (χ0n) is 14.4. The van der Waals surface area contributed by atoms with Gasteiger partial charge in [0.1, 0.15) is 0 Å². The highest BCUT2D eigenvalue weighted by molar-refractivity contribution is 14.0. The summed E-state index contributed by atoms with van der Waals surface area (Å²) in [6, 6.07) is -0.0939. The Morgan fingerprint density at radius 3 is 2.48 bits per heavy atom. The lowest BCUT2D eigenvalue weighted by molar-refractivity contribution is -0.143. The van der Waals surface area contributed by atoms with Crippen LogP contribution in [0.15, 0.2) is 4.99 Å². The Labute approximate surface area is 163 Å². The summed E-state index contributed by atoms with van der Waals surface area (Å²) >= 11 is 0. The highest BCUT2D eigenvalue weighted by Crippen LogP contribution is 2.19. The highest BCUT2D eigenvalue weighted by Gasteiger charge is 2.34. The lowest BCUT2D eigenvalue weighted by Crippen LogP contribution is -2.49. The molecule has 0 radical (unpaired) electrons. The molecule has 2 N–H and O–H groups in total. The molecule has 1 amide bonds. The molecule has 10 heteroatoms. The molecule has 2 rings (SSSR count). The van der Waals surface area contributed by atoms with Gasteiger partial charge in [-0.15, -0.1) is 24.0 Å². The first-order chi connectivity index (χ1) is 11.4. The molecule has 2 aliphatic heterocycles. The standard InChI is InChI=1S/C15H26F3N5O.HI/c1-19-14(20-9-13(24)23-6-3-2-4-7-23)21-12-5-8-22(10-12)11-15(16,17)18;/h12H,2-11H2,1H3,(H2,19,20,21);1H. The SMILES string of the molecule is CN=C(NCC(=O)N1CCCCC1)NC1CCN(CC(F)(F)F)C1.I. The third-order valence-corrected chi connectivity index (χ3v) is 4.36. The topological polar surface area (TPSA) is 60.0 Å². The van der Waals surface area contributed by atoms with Gasteiger partial charge in [-0.25, -0.2) is 0 Å². The van der Waals surface area contributed by atoms with Crippen molar-refractivity contribution in [3.05, 3.63) is 0 Å². The lowest BCUT2D eigenvalue weighted by Gasteiger charge is -2.27. The Hall–Kier alpha value is -0.780. The van der Waals surface area contributed by atoms with Gasteiger partial charge in [-0.3, -0.25) is 14.7 Å². The average Bonchev–Trinajstić information content (AvgIpc) is 2.96. The Morgan fingerprint density at radius 2 is 1.88 bits per heavy atom. The number of nitrogens with zero attached hydrogens (tertiary/aromatic N) is 3. The van der Waals surface area contributed by atoms with Gasteiger partial charge in [-0.1, -0.05) is 0 Å². The normalized spacial score (nSPS) is 22.5. The third kappa shape index (κ3) is 7.97. The molecule has 2 saturated heterocycles. The van der Waals surface area contributed by atoms with Crippen molar-refractivity contribution in [3.63, 3.8) is 0 Å². The summed E-state index contributed by atoms with van der Waals surface area (Å²) in [6.45, 7) is 1.58. The van der Waals surface area contributed by atoms with E-state index in [2.05, 4.69) is 15.6 Å². The summed E-state index contributed by atoms with van der Waals surface area (Å²) in [5.41, 5.74) is 0. The van der Waals surface area contributed by atoms with Gasteiger partial charge in [0, 0.05) is 39.3 Å². The molecular formula is C15H27F3IN5O. The van der Waals surface area contributed by atoms with Crippen molar-refractivity contribution >= 4 is 35.8 Å². The average molecular weight is 477 g/mol. The van der Waals surface area contributed by atoms with Crippen LogP contribution in [-0.4, -0.2) is 80.2 Å². The van der Waals surface area contributed by atoms with Gasteiger partial charge in [0.05, 0.1) is 13.1 Å². The Balaban J connectivity index is 0.00000312. The fourth-order valence-corrected chi connectivity index (χ4v) is 3.15. The second-order valence-corrected chi connectivity index (χ2v) is 6.35. The summed E-state index contributed by atoms with van der Waals surface area (Å²) in [6.07, 6.45) is -0.311. The van der Waals surface area contributed by atoms with Crippen LogP contribution in [0.4, 0.5) is 13.2 Å². The van der Waals surface area contributed by atoms with Gasteiger partial charge in [0.2, 0.25) is 5.91 Å². The summed E-state index contributed by atoms with van der Waals surface area (Å²) < 4.78 is 37.2. The maximum Gasteiger partial charge on any atom is 0.401 e. The molecule has 0 aliphatic carbocycles. The van der Waals surface area contributed by atoms with Crippen LogP contribution in [0.5, 0.6) is 0 Å². The number of carbonyl (C=O) groups excluding carboxylic acids is 1. The fourth-order valence-electron chi connectivity index (χ4n) is 3.15. The van der Waals surface area contributed by atoms with Crippen molar-refractivity contribution in [3.8, 4) is 0 Å². The van der Waals surface area contributed by atoms with E-state index >= 15 is 0 Å². The number of piperidine rings is 1. The Morgan fingerprint density at radius 1 is 1.20 bits per heavy atom. The zero-order chi connectivity index (χ0) is 17.6. The Kier molecular flexibility index (Phi) is 9.25. The van der Waals surface area contributed by atoms with Gasteiger partial charge in [0.25, 0.3) is 0 Å². The van der Waals surface area contributed by atoms with Crippen molar-refractivity contribution in [1.29, 1.82) is 0 Å². The van der Waals surface area contributed by atoms with E-state index < -0.39 is 12.7 Å². The smallest absolute Gasteiger partial charge is 0.352 e. The summed E-state index contributed by atoms with van der Waals surface area (Å²) in [4.78, 5) is 19.4. The summed E-state index contributed by atoms with van der Waals surface area (Å²) in [5.74, 6) is 0.488. The fraction of sp³-hybridized carbons (Fsp3) is 0.867. The van der Waals surface area contributed by atoms with E-state index in [9.17, 15) is 18.0 Å². The first-order valence-electron chi connectivity index (χ1n) is 8.41. The van der Waals surface area contributed by atoms with Crippen LogP contribution in [0, 0.1) is 0 Å². The lowest BCUT2D eigenvalue weighted by atomic mass is 10.1. The minimum Gasteiger partial charge on any atom is -0.352 e. The van der Waals surface area contributed by atoms with Crippen molar-refractivity contribution in [2.75, 3.05) is 46.3 Å². The molecule has 0 aromatic heterocycles. The number of carbonyl (C=O) groups is 1.